The minimum Gasteiger partial charge on any atom is -0.346 e. The third-order valence-corrected chi connectivity index (χ3v) is 3.21. The van der Waals surface area contributed by atoms with Crippen molar-refractivity contribution in [3.63, 3.8) is 0 Å². The second kappa shape index (κ2) is 5.36. The molecule has 0 spiro atoms. The van der Waals surface area contributed by atoms with Crippen molar-refractivity contribution >= 4 is 17.5 Å². The van der Waals surface area contributed by atoms with Gasteiger partial charge in [0.1, 0.15) is 0 Å². The van der Waals surface area contributed by atoms with Gasteiger partial charge in [-0.3, -0.25) is 4.79 Å². The summed E-state index contributed by atoms with van der Waals surface area (Å²) in [5.74, 6) is 0.133. The van der Waals surface area contributed by atoms with Crippen molar-refractivity contribution in [3.8, 4) is 0 Å². The van der Waals surface area contributed by atoms with Gasteiger partial charge in [-0.05, 0) is 25.7 Å². The Bertz CT molecular complexity index is 439. The summed E-state index contributed by atoms with van der Waals surface area (Å²) in [6.07, 6.45) is 7.87. The fourth-order valence-corrected chi connectivity index (χ4v) is 2.17. The topological polar surface area (TPSA) is 57.8 Å². The molecule has 0 bridgehead atoms. The van der Waals surface area contributed by atoms with E-state index in [0.717, 1.165) is 31.4 Å². The lowest BCUT2D eigenvalue weighted by Gasteiger charge is -2.18. The average Bonchev–Trinajstić information content (AvgIpc) is 2.72. The third kappa shape index (κ3) is 2.88. The van der Waals surface area contributed by atoms with E-state index >= 15 is 0 Å². The highest BCUT2D eigenvalue weighted by atomic mass is 35.5. The van der Waals surface area contributed by atoms with Gasteiger partial charge in [0, 0.05) is 6.04 Å². The molecule has 1 aromatic heterocycles. The summed E-state index contributed by atoms with van der Waals surface area (Å²) < 4.78 is 0. The van der Waals surface area contributed by atoms with Gasteiger partial charge in [0.05, 0.1) is 5.69 Å². The summed E-state index contributed by atoms with van der Waals surface area (Å²) in [5, 5.41) is 3.35. The van der Waals surface area contributed by atoms with Gasteiger partial charge < -0.3 is 10.3 Å². The Labute approximate surface area is 105 Å². The molecule has 5 heteroatoms. The fraction of sp³-hybridized carbons (Fsp3) is 0.500. The first-order valence-electron chi connectivity index (χ1n) is 5.91. The standard InChI is InChI=1S/C12H16ClN3O/c1-2-9-10(13)16-11(15-9)12(17)14-8-6-4-3-5-7-8/h3-4,8H,2,5-7H2,1H3,(H,14,17)(H,15,16). The molecule has 2 N–H and O–H groups in total. The first kappa shape index (κ1) is 12.2. The Hall–Kier alpha value is -1.29. The highest BCUT2D eigenvalue weighted by Crippen LogP contribution is 2.14. The molecule has 0 fully saturated rings. The lowest BCUT2D eigenvalue weighted by molar-refractivity contribution is 0.0925. The van der Waals surface area contributed by atoms with Crippen LogP contribution >= 0.6 is 11.6 Å². The number of imidazole rings is 1. The molecule has 0 saturated carbocycles. The predicted molar refractivity (Wildman–Crippen MR) is 67.2 cm³/mol. The Morgan fingerprint density at radius 2 is 2.47 bits per heavy atom. The minimum absolute atomic E-state index is 0.174. The summed E-state index contributed by atoms with van der Waals surface area (Å²) >= 11 is 5.90. The molecule has 1 aliphatic rings. The number of hydrogen-bond donors (Lipinski definition) is 2. The molecule has 1 amide bonds. The largest absolute Gasteiger partial charge is 0.346 e. The number of hydrogen-bond acceptors (Lipinski definition) is 2. The van der Waals surface area contributed by atoms with Crippen LogP contribution in [0.3, 0.4) is 0 Å². The smallest absolute Gasteiger partial charge is 0.287 e. The van der Waals surface area contributed by atoms with E-state index in [0.29, 0.717) is 11.0 Å². The molecule has 0 aliphatic heterocycles. The van der Waals surface area contributed by atoms with Gasteiger partial charge >= 0.3 is 0 Å². The summed E-state index contributed by atoms with van der Waals surface area (Å²) in [5.41, 5.74) is 0.806. The van der Waals surface area contributed by atoms with E-state index in [-0.39, 0.29) is 11.9 Å². The van der Waals surface area contributed by atoms with Gasteiger partial charge in [-0.1, -0.05) is 30.7 Å². The van der Waals surface area contributed by atoms with Gasteiger partial charge in [-0.15, -0.1) is 0 Å². The van der Waals surface area contributed by atoms with E-state index in [1.807, 2.05) is 6.92 Å². The number of aryl methyl sites for hydroxylation is 1. The number of carbonyl (C=O) groups excluding carboxylic acids is 1. The molecule has 4 nitrogen and oxygen atoms in total. The highest BCUT2D eigenvalue weighted by Gasteiger charge is 2.18. The Morgan fingerprint density at radius 3 is 3.06 bits per heavy atom. The monoisotopic (exact) mass is 253 g/mol. The minimum atomic E-state index is -0.174. The zero-order chi connectivity index (χ0) is 12.3. The molecule has 92 valence electrons. The Morgan fingerprint density at radius 1 is 1.65 bits per heavy atom. The fourth-order valence-electron chi connectivity index (χ4n) is 1.91. The Balaban J connectivity index is 2.01. The van der Waals surface area contributed by atoms with Crippen LogP contribution in [0, 0.1) is 0 Å². The molecule has 2 rings (SSSR count). The van der Waals surface area contributed by atoms with Crippen molar-refractivity contribution in [1.82, 2.24) is 15.3 Å². The number of H-pyrrole nitrogens is 1. The van der Waals surface area contributed by atoms with Gasteiger partial charge in [0.15, 0.2) is 11.0 Å². The molecule has 0 aromatic carbocycles. The molecule has 1 atom stereocenters. The summed E-state index contributed by atoms with van der Waals surface area (Å²) in [6, 6.07) is 0.210. The van der Waals surface area contributed by atoms with Crippen LogP contribution in [0.4, 0.5) is 0 Å². The zero-order valence-corrected chi connectivity index (χ0v) is 10.5. The molecule has 0 radical (unpaired) electrons. The normalized spacial score (nSPS) is 19.3. The summed E-state index contributed by atoms with van der Waals surface area (Å²) in [7, 11) is 0. The molecule has 1 aromatic rings. The van der Waals surface area contributed by atoms with Gasteiger partial charge in [0.25, 0.3) is 5.91 Å². The van der Waals surface area contributed by atoms with E-state index in [1.165, 1.54) is 0 Å². The predicted octanol–water partition coefficient (Wildman–Crippen LogP) is 2.46. The molecule has 17 heavy (non-hydrogen) atoms. The van der Waals surface area contributed by atoms with Crippen molar-refractivity contribution in [2.24, 2.45) is 0 Å². The lowest BCUT2D eigenvalue weighted by atomic mass is 10.0. The number of rotatable bonds is 3. The zero-order valence-electron chi connectivity index (χ0n) is 9.79. The molecular formula is C12H16ClN3O. The van der Waals surface area contributed by atoms with E-state index < -0.39 is 0 Å². The Kier molecular flexibility index (Phi) is 3.84. The van der Waals surface area contributed by atoms with E-state index in [4.69, 9.17) is 11.6 Å². The number of carbonyl (C=O) groups is 1. The van der Waals surface area contributed by atoms with Crippen molar-refractivity contribution in [2.45, 2.75) is 38.6 Å². The van der Waals surface area contributed by atoms with Crippen LogP contribution in [0.2, 0.25) is 5.15 Å². The number of amides is 1. The van der Waals surface area contributed by atoms with E-state index in [9.17, 15) is 4.79 Å². The van der Waals surface area contributed by atoms with Crippen molar-refractivity contribution in [1.29, 1.82) is 0 Å². The second-order valence-corrected chi connectivity index (χ2v) is 4.52. The van der Waals surface area contributed by atoms with Crippen molar-refractivity contribution < 1.29 is 4.79 Å². The van der Waals surface area contributed by atoms with E-state index in [2.05, 4.69) is 27.4 Å². The SMILES string of the molecule is CCc1[nH]c(C(=O)NC2CC=CCC2)nc1Cl. The number of nitrogens with zero attached hydrogens (tertiary/aromatic N) is 1. The highest BCUT2D eigenvalue weighted by molar-refractivity contribution is 6.30. The maximum atomic E-state index is 11.9. The van der Waals surface area contributed by atoms with Crippen LogP contribution in [0.15, 0.2) is 12.2 Å². The van der Waals surface area contributed by atoms with Crippen LogP contribution in [-0.2, 0) is 6.42 Å². The van der Waals surface area contributed by atoms with E-state index in [1.54, 1.807) is 0 Å². The average molecular weight is 254 g/mol. The molecule has 0 saturated heterocycles. The van der Waals surface area contributed by atoms with Crippen LogP contribution in [0.5, 0.6) is 0 Å². The first-order valence-corrected chi connectivity index (χ1v) is 6.28. The number of halogens is 1. The maximum Gasteiger partial charge on any atom is 0.287 e. The van der Waals surface area contributed by atoms with Gasteiger partial charge in [-0.25, -0.2) is 4.98 Å². The molecule has 1 unspecified atom stereocenters. The van der Waals surface area contributed by atoms with Crippen LogP contribution < -0.4 is 5.32 Å². The quantitative estimate of drug-likeness (QED) is 0.813. The first-order chi connectivity index (χ1) is 8.20. The van der Waals surface area contributed by atoms with Crippen LogP contribution in [0.1, 0.15) is 42.5 Å². The number of nitrogens with one attached hydrogen (secondary N) is 2. The number of aromatic amines is 1. The summed E-state index contributed by atoms with van der Waals surface area (Å²) in [4.78, 5) is 18.9. The third-order valence-electron chi connectivity index (χ3n) is 2.90. The lowest BCUT2D eigenvalue weighted by Crippen LogP contribution is -2.35. The molecular weight excluding hydrogens is 238 g/mol. The van der Waals surface area contributed by atoms with Crippen LogP contribution in [-0.4, -0.2) is 21.9 Å². The summed E-state index contributed by atoms with van der Waals surface area (Å²) in [6.45, 7) is 1.97. The second-order valence-electron chi connectivity index (χ2n) is 4.16. The van der Waals surface area contributed by atoms with Gasteiger partial charge in [0.2, 0.25) is 0 Å². The molecule has 1 aliphatic carbocycles. The van der Waals surface area contributed by atoms with Crippen LogP contribution in [0.25, 0.3) is 0 Å². The molecule has 1 heterocycles. The number of aromatic nitrogens is 2. The maximum absolute atomic E-state index is 11.9. The number of allylic oxidation sites excluding steroid dienone is 1. The van der Waals surface area contributed by atoms with Crippen molar-refractivity contribution in [3.05, 3.63) is 28.8 Å². The van der Waals surface area contributed by atoms with Crippen molar-refractivity contribution in [2.75, 3.05) is 0 Å². The van der Waals surface area contributed by atoms with Gasteiger partial charge in [-0.2, -0.15) is 0 Å².